The highest BCUT2D eigenvalue weighted by molar-refractivity contribution is 5.46. The van der Waals surface area contributed by atoms with Gasteiger partial charge in [0.1, 0.15) is 5.75 Å². The highest BCUT2D eigenvalue weighted by Gasteiger charge is 2.17. The molecule has 4 nitrogen and oxygen atoms in total. The third-order valence-corrected chi connectivity index (χ3v) is 3.49. The molecule has 122 valence electrons. The van der Waals surface area contributed by atoms with E-state index < -0.39 is 6.29 Å². The zero-order chi connectivity index (χ0) is 16.3. The topological polar surface area (TPSA) is 38.8 Å². The average molecular weight is 313 g/mol. The monoisotopic (exact) mass is 313 g/mol. The molecular weight excluding hydrogens is 290 g/mol. The molecule has 0 bridgehead atoms. The number of benzene rings is 2. The summed E-state index contributed by atoms with van der Waals surface area (Å²) in [6.07, 6.45) is 1.52. The summed E-state index contributed by atoms with van der Waals surface area (Å²) in [6.45, 7) is 3.97. The first kappa shape index (κ1) is 16.9. The van der Waals surface area contributed by atoms with Gasteiger partial charge in [-0.25, -0.2) is 0 Å². The number of carbonyl (C=O) groups excluding carboxylic acids is 1. The van der Waals surface area contributed by atoms with E-state index in [1.807, 2.05) is 48.5 Å². The Bertz CT molecular complexity index is 559. The van der Waals surface area contributed by atoms with E-state index in [4.69, 9.17) is 9.47 Å². The van der Waals surface area contributed by atoms with E-state index in [0.717, 1.165) is 25.1 Å². The van der Waals surface area contributed by atoms with Crippen molar-refractivity contribution in [3.63, 3.8) is 0 Å². The average Bonchev–Trinajstić information content (AvgIpc) is 2.60. The second-order valence-electron chi connectivity index (χ2n) is 5.23. The number of ether oxygens (including phenoxy) is 2. The summed E-state index contributed by atoms with van der Waals surface area (Å²) in [5, 5.41) is 0. The van der Waals surface area contributed by atoms with Crippen LogP contribution >= 0.6 is 0 Å². The molecule has 2 rings (SSSR count). The zero-order valence-corrected chi connectivity index (χ0v) is 13.4. The van der Waals surface area contributed by atoms with Gasteiger partial charge in [-0.2, -0.15) is 0 Å². The molecule has 23 heavy (non-hydrogen) atoms. The Morgan fingerprint density at radius 2 is 1.70 bits per heavy atom. The highest BCUT2D eigenvalue weighted by Crippen LogP contribution is 2.17. The third-order valence-electron chi connectivity index (χ3n) is 3.49. The molecule has 2 aromatic rings. The predicted molar refractivity (Wildman–Crippen MR) is 91.6 cm³/mol. The Kier molecular flexibility index (Phi) is 6.98. The molecule has 0 aliphatic heterocycles. The summed E-state index contributed by atoms with van der Waals surface area (Å²) < 4.78 is 10.9. The Hall–Kier alpha value is -2.49. The Balaban J connectivity index is 2.08. The number of anilines is 1. The van der Waals surface area contributed by atoms with E-state index >= 15 is 0 Å². The van der Waals surface area contributed by atoms with Crippen molar-refractivity contribution in [2.24, 2.45) is 0 Å². The van der Waals surface area contributed by atoms with Gasteiger partial charge in [-0.15, -0.1) is 0 Å². The maximum Gasteiger partial charge on any atom is 0.296 e. The van der Waals surface area contributed by atoms with Crippen LogP contribution in [0.4, 0.5) is 5.69 Å². The molecule has 0 fully saturated rings. The van der Waals surface area contributed by atoms with Gasteiger partial charge in [-0.05, 0) is 30.7 Å². The number of rotatable bonds is 10. The molecule has 2 aromatic carbocycles. The first-order chi connectivity index (χ1) is 11.3. The van der Waals surface area contributed by atoms with Gasteiger partial charge >= 0.3 is 0 Å². The number of carbonyl (C=O) groups is 1. The molecule has 0 aliphatic carbocycles. The van der Waals surface area contributed by atoms with Crippen molar-refractivity contribution in [3.8, 4) is 5.75 Å². The summed E-state index contributed by atoms with van der Waals surface area (Å²) >= 11 is 0. The second kappa shape index (κ2) is 9.51. The Labute approximate surface area is 137 Å². The van der Waals surface area contributed by atoms with Crippen LogP contribution in [0, 0.1) is 0 Å². The number of hydrogen-bond donors (Lipinski definition) is 0. The quantitative estimate of drug-likeness (QED) is 0.493. The van der Waals surface area contributed by atoms with Gasteiger partial charge in [0.15, 0.2) is 0 Å². The predicted octanol–water partition coefficient (Wildman–Crippen LogP) is 3.87. The molecular formula is C19H23NO3. The highest BCUT2D eigenvalue weighted by atomic mass is 16.7. The van der Waals surface area contributed by atoms with E-state index in [0.29, 0.717) is 18.8 Å². The van der Waals surface area contributed by atoms with E-state index in [2.05, 4.69) is 24.0 Å². The normalized spacial score (nSPS) is 11.5. The fraction of sp³-hybridized carbons (Fsp3) is 0.316. The van der Waals surface area contributed by atoms with E-state index in [9.17, 15) is 4.79 Å². The fourth-order valence-corrected chi connectivity index (χ4v) is 2.31. The molecule has 0 heterocycles. The second-order valence-corrected chi connectivity index (χ2v) is 5.23. The van der Waals surface area contributed by atoms with Crippen LogP contribution in [-0.2, 0) is 9.53 Å². The molecule has 0 N–H and O–H groups in total. The molecule has 0 aliphatic rings. The van der Waals surface area contributed by atoms with Crippen molar-refractivity contribution >= 4 is 12.2 Å². The van der Waals surface area contributed by atoms with Crippen molar-refractivity contribution in [2.75, 3.05) is 18.0 Å². The van der Waals surface area contributed by atoms with Crippen molar-refractivity contribution in [1.82, 2.24) is 0 Å². The smallest absolute Gasteiger partial charge is 0.296 e. The Morgan fingerprint density at radius 3 is 2.30 bits per heavy atom. The number of nitrogens with zero attached hydrogens (tertiary/aromatic N) is 1. The molecule has 0 amide bonds. The summed E-state index contributed by atoms with van der Waals surface area (Å²) in [7, 11) is 0. The van der Waals surface area contributed by atoms with Gasteiger partial charge in [-0.3, -0.25) is 4.79 Å². The lowest BCUT2D eigenvalue weighted by atomic mass is 10.2. The van der Waals surface area contributed by atoms with E-state index in [-0.39, 0.29) is 0 Å². The molecule has 0 saturated heterocycles. The van der Waals surface area contributed by atoms with E-state index in [1.54, 1.807) is 0 Å². The lowest BCUT2D eigenvalue weighted by molar-refractivity contribution is -0.146. The lowest BCUT2D eigenvalue weighted by Gasteiger charge is -2.28. The molecule has 4 heteroatoms. The molecule has 0 aromatic heterocycles. The van der Waals surface area contributed by atoms with Crippen molar-refractivity contribution < 1.29 is 14.3 Å². The first-order valence-electron chi connectivity index (χ1n) is 7.94. The van der Waals surface area contributed by atoms with Crippen LogP contribution < -0.4 is 9.64 Å². The van der Waals surface area contributed by atoms with Gasteiger partial charge in [0, 0.05) is 12.2 Å². The van der Waals surface area contributed by atoms with Crippen LogP contribution in [0.1, 0.15) is 19.8 Å². The van der Waals surface area contributed by atoms with E-state index in [1.165, 1.54) is 0 Å². The van der Waals surface area contributed by atoms with Gasteiger partial charge in [0.05, 0.1) is 6.54 Å². The summed E-state index contributed by atoms with van der Waals surface area (Å²) in [4.78, 5) is 13.0. The van der Waals surface area contributed by atoms with Gasteiger partial charge in [0.2, 0.25) is 0 Å². The minimum Gasteiger partial charge on any atom is -0.453 e. The van der Waals surface area contributed by atoms with Crippen LogP contribution in [0.5, 0.6) is 5.75 Å². The van der Waals surface area contributed by atoms with Crippen LogP contribution in [-0.4, -0.2) is 25.9 Å². The van der Waals surface area contributed by atoms with Crippen LogP contribution in [0.2, 0.25) is 0 Å². The van der Waals surface area contributed by atoms with Crippen LogP contribution in [0.15, 0.2) is 60.7 Å². The summed E-state index contributed by atoms with van der Waals surface area (Å²) in [5.41, 5.74) is 1.09. The van der Waals surface area contributed by atoms with Crippen molar-refractivity contribution in [1.29, 1.82) is 0 Å². The first-order valence-corrected chi connectivity index (χ1v) is 7.94. The van der Waals surface area contributed by atoms with Gasteiger partial charge in [0.25, 0.3) is 12.8 Å². The molecule has 1 atom stereocenters. The minimum absolute atomic E-state index is 0.441. The molecule has 1 unspecified atom stereocenters. The SMILES string of the molecule is CCCCN(CC(OC=O)Oc1ccccc1)c1ccccc1. The van der Waals surface area contributed by atoms with Crippen LogP contribution in [0.3, 0.4) is 0 Å². The molecule has 0 spiro atoms. The Morgan fingerprint density at radius 1 is 1.04 bits per heavy atom. The maximum atomic E-state index is 10.8. The fourth-order valence-electron chi connectivity index (χ4n) is 2.31. The van der Waals surface area contributed by atoms with Crippen molar-refractivity contribution in [3.05, 3.63) is 60.7 Å². The standard InChI is InChI=1S/C19H23NO3/c1-2-3-14-20(17-10-6-4-7-11-17)15-19(22-16-21)23-18-12-8-5-9-13-18/h4-13,16,19H,2-3,14-15H2,1H3. The number of hydrogen-bond acceptors (Lipinski definition) is 4. The maximum absolute atomic E-state index is 10.8. The molecule has 0 saturated carbocycles. The van der Waals surface area contributed by atoms with Gasteiger partial charge < -0.3 is 14.4 Å². The number of para-hydroxylation sites is 2. The van der Waals surface area contributed by atoms with Gasteiger partial charge in [-0.1, -0.05) is 49.7 Å². The minimum atomic E-state index is -0.646. The molecule has 0 radical (unpaired) electrons. The number of unbranched alkanes of at least 4 members (excludes halogenated alkanes) is 1. The summed E-state index contributed by atoms with van der Waals surface area (Å²) in [5.74, 6) is 0.683. The lowest BCUT2D eigenvalue weighted by Crippen LogP contribution is -2.38. The summed E-state index contributed by atoms with van der Waals surface area (Å²) in [6, 6.07) is 19.5. The van der Waals surface area contributed by atoms with Crippen LogP contribution in [0.25, 0.3) is 0 Å². The van der Waals surface area contributed by atoms with Crippen molar-refractivity contribution in [2.45, 2.75) is 26.1 Å². The largest absolute Gasteiger partial charge is 0.453 e. The zero-order valence-electron chi connectivity index (χ0n) is 13.4. The third kappa shape index (κ3) is 5.66.